The number of nitro groups is 1. The van der Waals surface area contributed by atoms with Gasteiger partial charge in [0.15, 0.2) is 0 Å². The van der Waals surface area contributed by atoms with E-state index in [0.29, 0.717) is 5.69 Å². The van der Waals surface area contributed by atoms with Crippen LogP contribution in [0.2, 0.25) is 5.02 Å². The second kappa shape index (κ2) is 8.85. The van der Waals surface area contributed by atoms with Crippen molar-refractivity contribution in [3.63, 3.8) is 0 Å². The van der Waals surface area contributed by atoms with E-state index in [9.17, 15) is 14.9 Å². The summed E-state index contributed by atoms with van der Waals surface area (Å²) in [7, 11) is 0. The SMILES string of the molecule is O=C(Nc1ccc(Cl)c([N+](=O)[O-])c1)C(Nc1ccc2ccccc2c1)c1ccccc1. The maximum Gasteiger partial charge on any atom is 0.289 e. The minimum atomic E-state index is -0.711. The zero-order chi connectivity index (χ0) is 21.8. The topological polar surface area (TPSA) is 84.3 Å². The fraction of sp³-hybridized carbons (Fsp3) is 0.0417. The summed E-state index contributed by atoms with van der Waals surface area (Å²) in [5.74, 6) is -0.351. The van der Waals surface area contributed by atoms with Crippen molar-refractivity contribution in [2.24, 2.45) is 0 Å². The van der Waals surface area contributed by atoms with Gasteiger partial charge in [-0.05, 0) is 40.6 Å². The minimum Gasteiger partial charge on any atom is -0.370 e. The number of carbonyl (C=O) groups is 1. The molecule has 4 aromatic rings. The molecule has 4 aromatic carbocycles. The smallest absolute Gasteiger partial charge is 0.289 e. The minimum absolute atomic E-state index is 0.0110. The average Bonchev–Trinajstić information content (AvgIpc) is 2.79. The van der Waals surface area contributed by atoms with Gasteiger partial charge in [-0.2, -0.15) is 0 Å². The normalized spacial score (nSPS) is 11.6. The Hall–Kier alpha value is -3.90. The van der Waals surface area contributed by atoms with Gasteiger partial charge < -0.3 is 10.6 Å². The number of carbonyl (C=O) groups excluding carboxylic acids is 1. The van der Waals surface area contributed by atoms with Gasteiger partial charge in [-0.3, -0.25) is 14.9 Å². The van der Waals surface area contributed by atoms with E-state index in [-0.39, 0.29) is 16.6 Å². The summed E-state index contributed by atoms with van der Waals surface area (Å²) in [5, 5.41) is 19.4. The first-order valence-electron chi connectivity index (χ1n) is 9.56. The second-order valence-electron chi connectivity index (χ2n) is 6.96. The number of fused-ring (bicyclic) bond motifs is 1. The maximum atomic E-state index is 13.2. The van der Waals surface area contributed by atoms with Crippen molar-refractivity contribution < 1.29 is 9.72 Å². The van der Waals surface area contributed by atoms with Gasteiger partial charge in [-0.15, -0.1) is 0 Å². The van der Waals surface area contributed by atoms with Crippen LogP contribution in [-0.4, -0.2) is 10.8 Å². The van der Waals surface area contributed by atoms with Crippen LogP contribution in [0, 0.1) is 10.1 Å². The molecule has 0 aromatic heterocycles. The molecule has 4 rings (SSSR count). The molecule has 7 heteroatoms. The molecule has 0 saturated carbocycles. The fourth-order valence-corrected chi connectivity index (χ4v) is 3.52. The molecule has 0 spiro atoms. The summed E-state index contributed by atoms with van der Waals surface area (Å²) in [6, 6.07) is 26.6. The van der Waals surface area contributed by atoms with Crippen molar-refractivity contribution in [2.75, 3.05) is 10.6 Å². The summed E-state index contributed by atoms with van der Waals surface area (Å²) < 4.78 is 0. The van der Waals surface area contributed by atoms with Crippen molar-refractivity contribution in [2.45, 2.75) is 6.04 Å². The predicted octanol–water partition coefficient (Wildman–Crippen LogP) is 6.19. The van der Waals surface area contributed by atoms with Crippen LogP contribution in [0.4, 0.5) is 17.1 Å². The predicted molar refractivity (Wildman–Crippen MR) is 123 cm³/mol. The summed E-state index contributed by atoms with van der Waals surface area (Å²) in [5.41, 5.74) is 1.57. The van der Waals surface area contributed by atoms with E-state index in [1.165, 1.54) is 18.2 Å². The van der Waals surface area contributed by atoms with Crippen molar-refractivity contribution >= 4 is 45.3 Å². The van der Waals surface area contributed by atoms with Crippen LogP contribution in [0.15, 0.2) is 91.0 Å². The number of halogens is 1. The number of nitrogens with one attached hydrogen (secondary N) is 2. The number of anilines is 2. The van der Waals surface area contributed by atoms with Gasteiger partial charge in [0.05, 0.1) is 4.92 Å². The molecule has 2 N–H and O–H groups in total. The van der Waals surface area contributed by atoms with Crippen molar-refractivity contribution in [3.8, 4) is 0 Å². The van der Waals surface area contributed by atoms with E-state index >= 15 is 0 Å². The molecule has 1 unspecified atom stereocenters. The van der Waals surface area contributed by atoms with E-state index in [2.05, 4.69) is 10.6 Å². The average molecular weight is 432 g/mol. The third kappa shape index (κ3) is 4.65. The molecule has 0 aliphatic rings. The third-order valence-corrected chi connectivity index (χ3v) is 5.19. The maximum absolute atomic E-state index is 13.2. The zero-order valence-corrected chi connectivity index (χ0v) is 17.0. The Balaban J connectivity index is 1.64. The first-order valence-corrected chi connectivity index (χ1v) is 9.94. The zero-order valence-electron chi connectivity index (χ0n) is 16.3. The monoisotopic (exact) mass is 431 g/mol. The molecule has 1 amide bonds. The van der Waals surface area contributed by atoms with Crippen LogP contribution >= 0.6 is 11.6 Å². The van der Waals surface area contributed by atoms with Crippen LogP contribution in [0.1, 0.15) is 11.6 Å². The second-order valence-corrected chi connectivity index (χ2v) is 7.37. The third-order valence-electron chi connectivity index (χ3n) is 4.87. The molecule has 31 heavy (non-hydrogen) atoms. The Labute approximate surface area is 183 Å². The number of benzene rings is 4. The van der Waals surface area contributed by atoms with E-state index in [0.717, 1.165) is 22.0 Å². The largest absolute Gasteiger partial charge is 0.370 e. The van der Waals surface area contributed by atoms with Gasteiger partial charge in [0.2, 0.25) is 0 Å². The molecular weight excluding hydrogens is 414 g/mol. The summed E-state index contributed by atoms with van der Waals surface area (Å²) in [6.45, 7) is 0. The Morgan fingerprint density at radius 1 is 0.839 bits per heavy atom. The van der Waals surface area contributed by atoms with Crippen LogP contribution in [0.5, 0.6) is 0 Å². The number of nitrogens with zero attached hydrogens (tertiary/aromatic N) is 1. The van der Waals surface area contributed by atoms with Crippen LogP contribution < -0.4 is 10.6 Å². The van der Waals surface area contributed by atoms with Crippen molar-refractivity contribution in [3.05, 3.63) is 112 Å². The lowest BCUT2D eigenvalue weighted by molar-refractivity contribution is -0.384. The van der Waals surface area contributed by atoms with Gasteiger partial charge in [-0.1, -0.05) is 72.3 Å². The van der Waals surface area contributed by atoms with E-state index in [1.807, 2.05) is 72.8 Å². The van der Waals surface area contributed by atoms with E-state index in [4.69, 9.17) is 11.6 Å². The lowest BCUT2D eigenvalue weighted by Crippen LogP contribution is -2.27. The fourth-order valence-electron chi connectivity index (χ4n) is 3.34. The number of hydrogen-bond acceptors (Lipinski definition) is 4. The first-order chi connectivity index (χ1) is 15.0. The standard InChI is InChI=1S/C24H18ClN3O3/c25-21-13-12-20(15-22(21)28(30)31)27-24(29)23(17-7-2-1-3-8-17)26-19-11-10-16-6-4-5-9-18(16)14-19/h1-15,23,26H,(H,27,29). The molecule has 0 radical (unpaired) electrons. The highest BCUT2D eigenvalue weighted by atomic mass is 35.5. The number of rotatable bonds is 6. The lowest BCUT2D eigenvalue weighted by atomic mass is 10.0. The van der Waals surface area contributed by atoms with Gasteiger partial charge in [-0.25, -0.2) is 0 Å². The lowest BCUT2D eigenvalue weighted by Gasteiger charge is -2.20. The molecule has 0 heterocycles. The number of hydrogen-bond donors (Lipinski definition) is 2. The molecular formula is C24H18ClN3O3. The molecule has 0 aliphatic carbocycles. The summed E-state index contributed by atoms with van der Waals surface area (Å²) >= 11 is 5.87. The van der Waals surface area contributed by atoms with Gasteiger partial charge in [0, 0.05) is 17.4 Å². The van der Waals surface area contributed by atoms with Crippen molar-refractivity contribution in [1.82, 2.24) is 0 Å². The highest BCUT2D eigenvalue weighted by Crippen LogP contribution is 2.29. The molecule has 1 atom stereocenters. The van der Waals surface area contributed by atoms with Crippen LogP contribution in [0.25, 0.3) is 10.8 Å². The van der Waals surface area contributed by atoms with Crippen molar-refractivity contribution in [1.29, 1.82) is 0 Å². The Kier molecular flexibility index (Phi) is 5.82. The molecule has 6 nitrogen and oxygen atoms in total. The molecule has 0 bridgehead atoms. The quantitative estimate of drug-likeness (QED) is 0.281. The Morgan fingerprint density at radius 2 is 1.52 bits per heavy atom. The van der Waals surface area contributed by atoms with Gasteiger partial charge in [0.1, 0.15) is 11.1 Å². The van der Waals surface area contributed by atoms with Crippen LogP contribution in [0.3, 0.4) is 0 Å². The summed E-state index contributed by atoms with van der Waals surface area (Å²) in [4.78, 5) is 23.7. The molecule has 154 valence electrons. The number of nitro benzene ring substituents is 1. The molecule has 0 saturated heterocycles. The van der Waals surface area contributed by atoms with Crippen LogP contribution in [-0.2, 0) is 4.79 Å². The highest BCUT2D eigenvalue weighted by molar-refractivity contribution is 6.32. The summed E-state index contributed by atoms with van der Waals surface area (Å²) in [6.07, 6.45) is 0. The Morgan fingerprint density at radius 3 is 2.26 bits per heavy atom. The van der Waals surface area contributed by atoms with E-state index in [1.54, 1.807) is 0 Å². The number of amides is 1. The highest BCUT2D eigenvalue weighted by Gasteiger charge is 2.22. The first kappa shape index (κ1) is 20.4. The van der Waals surface area contributed by atoms with Gasteiger partial charge >= 0.3 is 0 Å². The van der Waals surface area contributed by atoms with Gasteiger partial charge in [0.25, 0.3) is 11.6 Å². The Bertz CT molecular complexity index is 1260. The van der Waals surface area contributed by atoms with E-state index < -0.39 is 11.0 Å². The molecule has 0 aliphatic heterocycles. The molecule has 0 fully saturated rings.